The van der Waals surface area contributed by atoms with Crippen molar-refractivity contribution in [2.24, 2.45) is 11.7 Å². The molecule has 1 saturated heterocycles. The maximum Gasteiger partial charge on any atom is 0.253 e. The van der Waals surface area contributed by atoms with Crippen LogP contribution in [0.3, 0.4) is 0 Å². The summed E-state index contributed by atoms with van der Waals surface area (Å²) in [5, 5.41) is 0. The van der Waals surface area contributed by atoms with Gasteiger partial charge in [0.15, 0.2) is 0 Å². The van der Waals surface area contributed by atoms with Crippen molar-refractivity contribution in [2.45, 2.75) is 12.0 Å². The summed E-state index contributed by atoms with van der Waals surface area (Å²) in [5.41, 5.74) is 6.43. The highest BCUT2D eigenvalue weighted by Crippen LogP contribution is 2.47. The average Bonchev–Trinajstić information content (AvgIpc) is 2.77. The van der Waals surface area contributed by atoms with E-state index in [1.807, 2.05) is 0 Å². The van der Waals surface area contributed by atoms with Gasteiger partial charge in [-0.3, -0.25) is 4.79 Å². The Morgan fingerprint density at radius 2 is 2.12 bits per heavy atom. The molecule has 1 aromatic rings. The molecule has 84 valence electrons. The van der Waals surface area contributed by atoms with Gasteiger partial charge in [-0.25, -0.2) is 4.39 Å². The summed E-state index contributed by atoms with van der Waals surface area (Å²) in [6.45, 7) is 1.38. The molecule has 1 aliphatic carbocycles. The summed E-state index contributed by atoms with van der Waals surface area (Å²) < 4.78 is 12.7. The smallest absolute Gasteiger partial charge is 0.253 e. The molecule has 4 heteroatoms. The van der Waals surface area contributed by atoms with Gasteiger partial charge in [-0.2, -0.15) is 0 Å². The van der Waals surface area contributed by atoms with Crippen molar-refractivity contribution in [3.63, 3.8) is 0 Å². The third kappa shape index (κ3) is 1.41. The molecule has 2 unspecified atom stereocenters. The predicted molar refractivity (Wildman–Crippen MR) is 57.3 cm³/mol. The highest BCUT2D eigenvalue weighted by Gasteiger charge is 2.58. The molecule has 3 rings (SSSR count). The first-order valence-corrected chi connectivity index (χ1v) is 5.42. The third-order valence-electron chi connectivity index (χ3n) is 3.58. The first-order chi connectivity index (χ1) is 7.58. The number of carbonyl (C=O) groups is 1. The summed E-state index contributed by atoms with van der Waals surface area (Å²) in [7, 11) is 0. The van der Waals surface area contributed by atoms with Crippen LogP contribution in [0.2, 0.25) is 0 Å². The van der Waals surface area contributed by atoms with E-state index in [0.29, 0.717) is 18.0 Å². The molecule has 1 aliphatic heterocycles. The minimum atomic E-state index is -0.323. The highest BCUT2D eigenvalue weighted by atomic mass is 19.1. The predicted octanol–water partition coefficient (Wildman–Crippen LogP) is 0.999. The van der Waals surface area contributed by atoms with E-state index in [4.69, 9.17) is 5.73 Å². The standard InChI is InChI=1S/C12H13FN2O/c13-10-3-1-8(2-4-10)11(16)15-6-9-5-12(9,14)7-15/h1-4,9H,5-7,14H2. The molecule has 0 aromatic heterocycles. The van der Waals surface area contributed by atoms with Crippen LogP contribution in [-0.4, -0.2) is 29.4 Å². The molecule has 2 aliphatic rings. The van der Waals surface area contributed by atoms with Gasteiger partial charge in [-0.05, 0) is 36.6 Å². The van der Waals surface area contributed by atoms with E-state index in [1.165, 1.54) is 24.3 Å². The SMILES string of the molecule is NC12CC1CN(C(=O)c1ccc(F)cc1)C2. The van der Waals surface area contributed by atoms with E-state index in [-0.39, 0.29) is 17.3 Å². The van der Waals surface area contributed by atoms with Crippen LogP contribution in [0.5, 0.6) is 0 Å². The summed E-state index contributed by atoms with van der Waals surface area (Å²) in [4.78, 5) is 13.8. The summed E-state index contributed by atoms with van der Waals surface area (Å²) in [5.74, 6) is 0.102. The molecule has 1 saturated carbocycles. The van der Waals surface area contributed by atoms with Gasteiger partial charge in [0.25, 0.3) is 5.91 Å². The second-order valence-electron chi connectivity index (χ2n) is 4.83. The first kappa shape index (κ1) is 9.78. The van der Waals surface area contributed by atoms with Crippen LogP contribution in [0, 0.1) is 11.7 Å². The zero-order chi connectivity index (χ0) is 11.3. The lowest BCUT2D eigenvalue weighted by Gasteiger charge is -2.19. The second-order valence-corrected chi connectivity index (χ2v) is 4.83. The van der Waals surface area contributed by atoms with Gasteiger partial charge in [-0.15, -0.1) is 0 Å². The van der Waals surface area contributed by atoms with Gasteiger partial charge in [0.1, 0.15) is 5.82 Å². The van der Waals surface area contributed by atoms with Gasteiger partial charge >= 0.3 is 0 Å². The lowest BCUT2D eigenvalue weighted by Crippen LogP contribution is -2.36. The van der Waals surface area contributed by atoms with Crippen molar-refractivity contribution in [3.05, 3.63) is 35.6 Å². The Kier molecular flexibility index (Phi) is 1.86. The van der Waals surface area contributed by atoms with Crippen molar-refractivity contribution in [1.29, 1.82) is 0 Å². The van der Waals surface area contributed by atoms with Crippen LogP contribution in [0.15, 0.2) is 24.3 Å². The maximum absolute atomic E-state index is 12.7. The van der Waals surface area contributed by atoms with Crippen LogP contribution >= 0.6 is 0 Å². The van der Waals surface area contributed by atoms with E-state index in [2.05, 4.69) is 0 Å². The third-order valence-corrected chi connectivity index (χ3v) is 3.58. The quantitative estimate of drug-likeness (QED) is 0.767. The van der Waals surface area contributed by atoms with Gasteiger partial charge in [0, 0.05) is 24.2 Å². The summed E-state index contributed by atoms with van der Waals surface area (Å²) in [6.07, 6.45) is 1.03. The van der Waals surface area contributed by atoms with Gasteiger partial charge in [-0.1, -0.05) is 0 Å². The van der Waals surface area contributed by atoms with Crippen molar-refractivity contribution in [3.8, 4) is 0 Å². The van der Waals surface area contributed by atoms with E-state index in [0.717, 1.165) is 13.0 Å². The lowest BCUT2D eigenvalue weighted by molar-refractivity contribution is 0.0772. The molecule has 1 aromatic carbocycles. The van der Waals surface area contributed by atoms with Crippen LogP contribution in [-0.2, 0) is 0 Å². The van der Waals surface area contributed by atoms with Crippen molar-refractivity contribution < 1.29 is 9.18 Å². The van der Waals surface area contributed by atoms with Gasteiger partial charge < -0.3 is 10.6 Å². The van der Waals surface area contributed by atoms with Crippen molar-refractivity contribution in [1.82, 2.24) is 4.90 Å². The number of hydrogen-bond donors (Lipinski definition) is 1. The van der Waals surface area contributed by atoms with Gasteiger partial charge in [0.05, 0.1) is 0 Å². The number of halogens is 1. The zero-order valence-electron chi connectivity index (χ0n) is 8.82. The number of fused-ring (bicyclic) bond motifs is 1. The molecule has 16 heavy (non-hydrogen) atoms. The Labute approximate surface area is 93.0 Å². The number of hydrogen-bond acceptors (Lipinski definition) is 2. The Morgan fingerprint density at radius 3 is 2.69 bits per heavy atom. The number of piperidine rings is 1. The number of carbonyl (C=O) groups excluding carboxylic acids is 1. The number of rotatable bonds is 1. The number of amides is 1. The van der Waals surface area contributed by atoms with E-state index < -0.39 is 0 Å². The first-order valence-electron chi connectivity index (χ1n) is 5.42. The molecule has 2 atom stereocenters. The lowest BCUT2D eigenvalue weighted by atomic mass is 10.2. The molecule has 2 N–H and O–H groups in total. The fourth-order valence-electron chi connectivity index (χ4n) is 2.46. The molecular weight excluding hydrogens is 207 g/mol. The maximum atomic E-state index is 12.7. The molecular formula is C12H13FN2O. The molecule has 0 radical (unpaired) electrons. The summed E-state index contributed by atoms with van der Waals surface area (Å²) in [6, 6.07) is 5.65. The molecule has 3 nitrogen and oxygen atoms in total. The second kappa shape index (κ2) is 3.04. The fraction of sp³-hybridized carbons (Fsp3) is 0.417. The van der Waals surface area contributed by atoms with Crippen molar-refractivity contribution >= 4 is 5.91 Å². The van der Waals surface area contributed by atoms with E-state index >= 15 is 0 Å². The normalized spacial score (nSPS) is 31.4. The van der Waals surface area contributed by atoms with E-state index in [1.54, 1.807) is 4.90 Å². The molecule has 2 fully saturated rings. The van der Waals surface area contributed by atoms with Crippen LogP contribution in [0.1, 0.15) is 16.8 Å². The Hall–Kier alpha value is -1.42. The fourth-order valence-corrected chi connectivity index (χ4v) is 2.46. The highest BCUT2D eigenvalue weighted by molar-refractivity contribution is 5.94. The summed E-state index contributed by atoms with van der Waals surface area (Å²) >= 11 is 0. The molecule has 1 amide bonds. The number of nitrogens with two attached hydrogens (primary N) is 1. The van der Waals surface area contributed by atoms with Crippen LogP contribution in [0.4, 0.5) is 4.39 Å². The largest absolute Gasteiger partial charge is 0.336 e. The van der Waals surface area contributed by atoms with E-state index in [9.17, 15) is 9.18 Å². The monoisotopic (exact) mass is 220 g/mol. The topological polar surface area (TPSA) is 46.3 Å². The molecule has 1 heterocycles. The Balaban J connectivity index is 1.76. The Morgan fingerprint density at radius 1 is 1.44 bits per heavy atom. The number of likely N-dealkylation sites (tertiary alicyclic amines) is 1. The minimum absolute atomic E-state index is 0.0444. The van der Waals surface area contributed by atoms with Gasteiger partial charge in [0.2, 0.25) is 0 Å². The average molecular weight is 220 g/mol. The minimum Gasteiger partial charge on any atom is -0.336 e. The number of nitrogens with zero attached hydrogens (tertiary/aromatic N) is 1. The molecule has 0 bridgehead atoms. The Bertz CT molecular complexity index is 445. The zero-order valence-corrected chi connectivity index (χ0v) is 8.82. The number of benzene rings is 1. The van der Waals surface area contributed by atoms with Crippen LogP contribution in [0.25, 0.3) is 0 Å². The molecule has 0 spiro atoms. The van der Waals surface area contributed by atoms with Crippen LogP contribution < -0.4 is 5.73 Å². The van der Waals surface area contributed by atoms with Crippen molar-refractivity contribution in [2.75, 3.05) is 13.1 Å².